The second-order valence-corrected chi connectivity index (χ2v) is 8.62. The van der Waals surface area contributed by atoms with Crippen molar-refractivity contribution in [2.24, 2.45) is 17.8 Å². The maximum absolute atomic E-state index is 12.1. The molecule has 2 saturated carbocycles. The van der Waals surface area contributed by atoms with Crippen LogP contribution in [-0.4, -0.2) is 87.1 Å². The Morgan fingerprint density at radius 1 is 1.03 bits per heavy atom. The summed E-state index contributed by atoms with van der Waals surface area (Å²) < 4.78 is 16.9. The summed E-state index contributed by atoms with van der Waals surface area (Å²) in [5, 5.41) is 50.2. The highest BCUT2D eigenvalue weighted by atomic mass is 16.7. The SMILES string of the molecule is C=C1C(=O)O[C@@H]2[C@H]3C(=C)[C@@H](O[C@@H]4O[C@H](CO)[C@H](O)[C@H](O)[C@H]4O)C[C@H]3C(=C)C[C@H](O)[C@@H]12. The van der Waals surface area contributed by atoms with E-state index in [2.05, 4.69) is 19.7 Å². The van der Waals surface area contributed by atoms with E-state index in [4.69, 9.17) is 14.2 Å². The van der Waals surface area contributed by atoms with E-state index in [0.29, 0.717) is 12.0 Å². The second kappa shape index (κ2) is 7.83. The monoisotopic (exact) mass is 424 g/mol. The fourth-order valence-electron chi connectivity index (χ4n) is 5.25. The lowest BCUT2D eigenvalue weighted by molar-refractivity contribution is -0.308. The maximum Gasteiger partial charge on any atom is 0.334 e. The molecule has 11 atom stereocenters. The number of aliphatic hydroxyl groups is 5. The molecule has 30 heavy (non-hydrogen) atoms. The van der Waals surface area contributed by atoms with Crippen LogP contribution in [-0.2, 0) is 19.0 Å². The van der Waals surface area contributed by atoms with Gasteiger partial charge in [-0.15, -0.1) is 0 Å². The summed E-state index contributed by atoms with van der Waals surface area (Å²) in [6.07, 6.45) is -8.30. The molecule has 0 radical (unpaired) electrons. The third-order valence-corrected chi connectivity index (χ3v) is 6.92. The van der Waals surface area contributed by atoms with Crippen molar-refractivity contribution in [3.8, 4) is 0 Å². The van der Waals surface area contributed by atoms with Crippen molar-refractivity contribution in [2.45, 2.75) is 61.9 Å². The molecule has 9 nitrogen and oxygen atoms in total. The van der Waals surface area contributed by atoms with E-state index in [9.17, 15) is 30.3 Å². The van der Waals surface area contributed by atoms with Gasteiger partial charge in [0.25, 0.3) is 0 Å². The third kappa shape index (κ3) is 3.25. The van der Waals surface area contributed by atoms with Crippen molar-refractivity contribution < 1.29 is 44.5 Å². The molecule has 4 fully saturated rings. The first-order chi connectivity index (χ1) is 14.1. The number of hydrogen-bond donors (Lipinski definition) is 5. The van der Waals surface area contributed by atoms with Crippen LogP contribution in [0.2, 0.25) is 0 Å². The lowest BCUT2D eigenvalue weighted by Gasteiger charge is -2.40. The number of aliphatic hydroxyl groups excluding tert-OH is 5. The lowest BCUT2D eigenvalue weighted by atomic mass is 9.81. The van der Waals surface area contributed by atoms with E-state index in [1.165, 1.54) is 0 Å². The number of ether oxygens (including phenoxy) is 3. The summed E-state index contributed by atoms with van der Waals surface area (Å²) in [7, 11) is 0. The Balaban J connectivity index is 1.56. The van der Waals surface area contributed by atoms with Gasteiger partial charge in [0, 0.05) is 11.5 Å². The average Bonchev–Trinajstić information content (AvgIpc) is 3.15. The van der Waals surface area contributed by atoms with Crippen LogP contribution in [0.5, 0.6) is 0 Å². The first-order valence-corrected chi connectivity index (χ1v) is 10.1. The van der Waals surface area contributed by atoms with E-state index >= 15 is 0 Å². The molecule has 0 unspecified atom stereocenters. The minimum absolute atomic E-state index is 0.171. The zero-order valence-electron chi connectivity index (χ0n) is 16.5. The molecule has 4 aliphatic rings. The van der Waals surface area contributed by atoms with Crippen molar-refractivity contribution in [1.29, 1.82) is 0 Å². The molecule has 0 aromatic heterocycles. The summed E-state index contributed by atoms with van der Waals surface area (Å²) in [5.74, 6) is -1.62. The zero-order chi connectivity index (χ0) is 21.9. The van der Waals surface area contributed by atoms with Crippen LogP contribution in [0.1, 0.15) is 12.8 Å². The molecule has 166 valence electrons. The fourth-order valence-corrected chi connectivity index (χ4v) is 5.25. The first-order valence-electron chi connectivity index (χ1n) is 10.1. The summed E-state index contributed by atoms with van der Waals surface area (Å²) in [4.78, 5) is 12.1. The summed E-state index contributed by atoms with van der Waals surface area (Å²) in [6, 6.07) is 0. The third-order valence-electron chi connectivity index (χ3n) is 6.92. The Morgan fingerprint density at radius 2 is 1.73 bits per heavy atom. The predicted octanol–water partition coefficient (Wildman–Crippen LogP) is -1.22. The highest BCUT2D eigenvalue weighted by Gasteiger charge is 2.56. The largest absolute Gasteiger partial charge is 0.458 e. The second-order valence-electron chi connectivity index (χ2n) is 8.62. The van der Waals surface area contributed by atoms with Crippen LogP contribution in [0.15, 0.2) is 36.5 Å². The van der Waals surface area contributed by atoms with E-state index < -0.39 is 67.5 Å². The van der Waals surface area contributed by atoms with Gasteiger partial charge in [-0.1, -0.05) is 25.3 Å². The van der Waals surface area contributed by atoms with Gasteiger partial charge in [0.2, 0.25) is 0 Å². The number of hydrogen-bond acceptors (Lipinski definition) is 9. The fraction of sp³-hybridized carbons (Fsp3) is 0.667. The van der Waals surface area contributed by atoms with Gasteiger partial charge in [0.05, 0.1) is 24.7 Å². The van der Waals surface area contributed by atoms with Crippen molar-refractivity contribution in [1.82, 2.24) is 0 Å². The van der Waals surface area contributed by atoms with Gasteiger partial charge in [-0.25, -0.2) is 4.79 Å². The molecule has 4 rings (SSSR count). The van der Waals surface area contributed by atoms with Gasteiger partial charge in [0.1, 0.15) is 30.5 Å². The van der Waals surface area contributed by atoms with Crippen molar-refractivity contribution in [3.63, 3.8) is 0 Å². The smallest absolute Gasteiger partial charge is 0.334 e. The zero-order valence-corrected chi connectivity index (χ0v) is 16.5. The molecule has 2 aliphatic heterocycles. The molecule has 9 heteroatoms. The summed E-state index contributed by atoms with van der Waals surface area (Å²) >= 11 is 0. The predicted molar refractivity (Wildman–Crippen MR) is 102 cm³/mol. The van der Waals surface area contributed by atoms with Crippen LogP contribution in [0.25, 0.3) is 0 Å². The molecule has 2 saturated heterocycles. The molecule has 0 spiro atoms. The minimum Gasteiger partial charge on any atom is -0.458 e. The van der Waals surface area contributed by atoms with Crippen molar-refractivity contribution in [3.05, 3.63) is 36.5 Å². The van der Waals surface area contributed by atoms with Gasteiger partial charge in [-0.05, 0) is 24.3 Å². The van der Waals surface area contributed by atoms with E-state index in [1.807, 2.05) is 0 Å². The minimum atomic E-state index is -1.55. The normalized spacial score (nSPS) is 48.9. The van der Waals surface area contributed by atoms with E-state index in [0.717, 1.165) is 5.57 Å². The number of esters is 1. The summed E-state index contributed by atoms with van der Waals surface area (Å²) in [6.45, 7) is 11.5. The lowest BCUT2D eigenvalue weighted by Crippen LogP contribution is -2.59. The van der Waals surface area contributed by atoms with Crippen LogP contribution in [0, 0.1) is 17.8 Å². The van der Waals surface area contributed by atoms with E-state index in [-0.39, 0.29) is 23.8 Å². The number of fused-ring (bicyclic) bond motifs is 3. The number of carbonyl (C=O) groups excluding carboxylic acids is 1. The quantitative estimate of drug-likeness (QED) is 0.214. The Kier molecular flexibility index (Phi) is 5.65. The Labute approximate surface area is 173 Å². The number of rotatable bonds is 3. The Hall–Kier alpha value is -1.59. The summed E-state index contributed by atoms with van der Waals surface area (Å²) in [5.41, 5.74) is 1.61. The molecular formula is C21H28O9. The van der Waals surface area contributed by atoms with Crippen LogP contribution >= 0.6 is 0 Å². The molecule has 0 amide bonds. The molecule has 0 bridgehead atoms. The highest BCUT2D eigenvalue weighted by Crippen LogP contribution is 2.53. The van der Waals surface area contributed by atoms with Crippen LogP contribution in [0.4, 0.5) is 0 Å². The van der Waals surface area contributed by atoms with Gasteiger partial charge < -0.3 is 39.7 Å². The Bertz CT molecular complexity index is 762. The molecule has 5 N–H and O–H groups in total. The van der Waals surface area contributed by atoms with Crippen LogP contribution in [0.3, 0.4) is 0 Å². The van der Waals surface area contributed by atoms with Gasteiger partial charge in [-0.2, -0.15) is 0 Å². The Morgan fingerprint density at radius 3 is 2.40 bits per heavy atom. The van der Waals surface area contributed by atoms with Gasteiger partial charge in [-0.3, -0.25) is 0 Å². The molecule has 2 heterocycles. The van der Waals surface area contributed by atoms with Gasteiger partial charge in [0.15, 0.2) is 6.29 Å². The van der Waals surface area contributed by atoms with E-state index in [1.54, 1.807) is 0 Å². The molecule has 0 aromatic carbocycles. The standard InChI is InChI=1S/C21H28O9/c1-7-4-11(23)15-9(3)20(27)30-19(15)14-8(2)12(5-10(7)14)28-21-18(26)17(25)16(24)13(6-22)29-21/h10-19,21-26H,1-6H2/t10-,11-,12-,13+,14-,15+,16-,17-,18+,19+,21+/m0/s1. The highest BCUT2D eigenvalue weighted by molar-refractivity contribution is 5.91. The van der Waals surface area contributed by atoms with Crippen molar-refractivity contribution >= 4 is 5.97 Å². The molecule has 0 aromatic rings. The maximum atomic E-state index is 12.1. The number of carbonyl (C=O) groups is 1. The molecular weight excluding hydrogens is 396 g/mol. The van der Waals surface area contributed by atoms with Gasteiger partial charge >= 0.3 is 5.97 Å². The first kappa shape index (κ1) is 21.6. The van der Waals surface area contributed by atoms with Crippen molar-refractivity contribution in [2.75, 3.05) is 6.61 Å². The molecule has 2 aliphatic carbocycles. The van der Waals surface area contributed by atoms with Crippen LogP contribution < -0.4 is 0 Å². The topological polar surface area (TPSA) is 146 Å². The average molecular weight is 424 g/mol.